The number of rotatable bonds is 6. The van der Waals surface area contributed by atoms with Gasteiger partial charge in [-0.15, -0.1) is 0 Å². The zero-order valence-corrected chi connectivity index (χ0v) is 10.0. The lowest BCUT2D eigenvalue weighted by Gasteiger charge is -2.37. The molecular formula is C11H25NO2. The Morgan fingerprint density at radius 2 is 1.57 bits per heavy atom. The van der Waals surface area contributed by atoms with Crippen LogP contribution in [-0.2, 0) is 0 Å². The minimum absolute atomic E-state index is 0.161. The van der Waals surface area contributed by atoms with E-state index in [1.54, 1.807) is 7.05 Å². The van der Waals surface area contributed by atoms with Crippen molar-refractivity contribution in [3.05, 3.63) is 0 Å². The highest BCUT2D eigenvalue weighted by Gasteiger charge is 2.36. The van der Waals surface area contributed by atoms with Gasteiger partial charge in [0, 0.05) is 13.0 Å². The molecular weight excluding hydrogens is 178 g/mol. The van der Waals surface area contributed by atoms with Gasteiger partial charge in [0.25, 0.3) is 0 Å². The summed E-state index contributed by atoms with van der Waals surface area (Å²) in [6, 6.07) is 0. The summed E-state index contributed by atoms with van der Waals surface area (Å²) in [5.74, 6) is 0.322. The first-order valence-electron chi connectivity index (χ1n) is 5.39. The average Bonchev–Trinajstić information content (AvgIpc) is 2.03. The van der Waals surface area contributed by atoms with Crippen molar-refractivity contribution in [2.45, 2.75) is 45.8 Å². The van der Waals surface area contributed by atoms with Crippen LogP contribution in [0, 0.1) is 11.8 Å². The van der Waals surface area contributed by atoms with Gasteiger partial charge in [-0.2, -0.15) is 0 Å². The zero-order valence-electron chi connectivity index (χ0n) is 10.0. The van der Waals surface area contributed by atoms with E-state index in [4.69, 9.17) is 0 Å². The highest BCUT2D eigenvalue weighted by atomic mass is 16.3. The lowest BCUT2D eigenvalue weighted by Crippen LogP contribution is -2.45. The van der Waals surface area contributed by atoms with Gasteiger partial charge in [0.1, 0.15) is 0 Å². The number of hydrogen-bond donors (Lipinski definition) is 3. The fourth-order valence-corrected chi connectivity index (χ4v) is 1.82. The third-order valence-corrected chi connectivity index (χ3v) is 3.00. The lowest BCUT2D eigenvalue weighted by molar-refractivity contribution is -0.0793. The second-order valence-corrected chi connectivity index (χ2v) is 4.72. The molecule has 0 aromatic rings. The number of aliphatic hydroxyl groups is 2. The van der Waals surface area contributed by atoms with Crippen molar-refractivity contribution in [2.24, 2.45) is 11.8 Å². The molecule has 0 aromatic carbocycles. The summed E-state index contributed by atoms with van der Waals surface area (Å²) in [6.07, 6.45) is -0.0433. The molecule has 0 aliphatic heterocycles. The number of hydrogen-bond acceptors (Lipinski definition) is 3. The molecule has 0 amide bonds. The van der Waals surface area contributed by atoms with Crippen LogP contribution in [0.2, 0.25) is 0 Å². The topological polar surface area (TPSA) is 52.5 Å². The van der Waals surface area contributed by atoms with Crippen molar-refractivity contribution in [2.75, 3.05) is 13.6 Å². The van der Waals surface area contributed by atoms with Crippen LogP contribution in [0.1, 0.15) is 34.1 Å². The summed E-state index contributed by atoms with van der Waals surface area (Å²) in [7, 11) is 1.80. The molecule has 0 bridgehead atoms. The van der Waals surface area contributed by atoms with Gasteiger partial charge in [-0.1, -0.05) is 27.7 Å². The van der Waals surface area contributed by atoms with Crippen LogP contribution < -0.4 is 5.32 Å². The Hall–Kier alpha value is -0.120. The van der Waals surface area contributed by atoms with Crippen molar-refractivity contribution < 1.29 is 10.2 Å². The SMILES string of the molecule is CNC[C@@H](O)CC(O)(C(C)C)C(C)C. The highest BCUT2D eigenvalue weighted by molar-refractivity contribution is 4.87. The van der Waals surface area contributed by atoms with Crippen LogP contribution in [0.4, 0.5) is 0 Å². The van der Waals surface area contributed by atoms with E-state index in [2.05, 4.69) is 5.32 Å². The smallest absolute Gasteiger partial charge is 0.0718 e. The van der Waals surface area contributed by atoms with E-state index in [0.717, 1.165) is 0 Å². The molecule has 14 heavy (non-hydrogen) atoms. The monoisotopic (exact) mass is 203 g/mol. The third kappa shape index (κ3) is 3.56. The zero-order chi connectivity index (χ0) is 11.4. The molecule has 1 atom stereocenters. The Morgan fingerprint density at radius 3 is 1.86 bits per heavy atom. The molecule has 0 aliphatic rings. The molecule has 3 heteroatoms. The molecule has 0 unspecified atom stereocenters. The minimum Gasteiger partial charge on any atom is -0.392 e. The van der Waals surface area contributed by atoms with Gasteiger partial charge in [-0.3, -0.25) is 0 Å². The van der Waals surface area contributed by atoms with Crippen LogP contribution in [0.15, 0.2) is 0 Å². The minimum atomic E-state index is -0.768. The van der Waals surface area contributed by atoms with Crippen LogP contribution in [0.3, 0.4) is 0 Å². The fourth-order valence-electron chi connectivity index (χ4n) is 1.82. The molecule has 0 spiro atoms. The standard InChI is InChI=1S/C11H25NO2/c1-8(2)11(14,9(3)4)6-10(13)7-12-5/h8-10,12-14H,6-7H2,1-5H3/t10-/m0/s1. The second-order valence-electron chi connectivity index (χ2n) is 4.72. The maximum atomic E-state index is 10.4. The van der Waals surface area contributed by atoms with Crippen molar-refractivity contribution in [3.8, 4) is 0 Å². The first-order chi connectivity index (χ1) is 6.34. The van der Waals surface area contributed by atoms with Crippen LogP contribution in [-0.4, -0.2) is 35.5 Å². The van der Waals surface area contributed by atoms with Gasteiger partial charge in [0.15, 0.2) is 0 Å². The Morgan fingerprint density at radius 1 is 1.14 bits per heavy atom. The van der Waals surface area contributed by atoms with Gasteiger partial charge in [-0.25, -0.2) is 0 Å². The predicted octanol–water partition coefficient (Wildman–Crippen LogP) is 1.000. The van der Waals surface area contributed by atoms with E-state index >= 15 is 0 Å². The first kappa shape index (κ1) is 13.9. The maximum absolute atomic E-state index is 10.4. The maximum Gasteiger partial charge on any atom is 0.0718 e. The Labute approximate surface area is 87.5 Å². The summed E-state index contributed by atoms with van der Waals surface area (Å²) in [5.41, 5.74) is -0.768. The van der Waals surface area contributed by atoms with E-state index in [0.29, 0.717) is 13.0 Å². The van der Waals surface area contributed by atoms with Gasteiger partial charge in [0.05, 0.1) is 11.7 Å². The van der Waals surface area contributed by atoms with Gasteiger partial charge in [-0.05, 0) is 18.9 Å². The van der Waals surface area contributed by atoms with Crippen molar-refractivity contribution in [1.29, 1.82) is 0 Å². The van der Waals surface area contributed by atoms with Crippen LogP contribution in [0.5, 0.6) is 0 Å². The molecule has 0 radical (unpaired) electrons. The number of nitrogens with one attached hydrogen (secondary N) is 1. The molecule has 0 rings (SSSR count). The van der Waals surface area contributed by atoms with Gasteiger partial charge in [0.2, 0.25) is 0 Å². The van der Waals surface area contributed by atoms with Crippen molar-refractivity contribution in [3.63, 3.8) is 0 Å². The van der Waals surface area contributed by atoms with Gasteiger partial charge < -0.3 is 15.5 Å². The number of likely N-dealkylation sites (N-methyl/N-ethyl adjacent to an activating group) is 1. The third-order valence-electron chi connectivity index (χ3n) is 3.00. The van der Waals surface area contributed by atoms with E-state index < -0.39 is 11.7 Å². The Bertz CT molecular complexity index is 149. The molecule has 0 fully saturated rings. The summed E-state index contributed by atoms with van der Waals surface area (Å²) < 4.78 is 0. The molecule has 86 valence electrons. The summed E-state index contributed by atoms with van der Waals surface area (Å²) in [5, 5.41) is 22.9. The summed E-state index contributed by atoms with van der Waals surface area (Å²) >= 11 is 0. The van der Waals surface area contributed by atoms with Crippen LogP contribution in [0.25, 0.3) is 0 Å². The molecule has 0 aliphatic carbocycles. The van der Waals surface area contributed by atoms with Gasteiger partial charge >= 0.3 is 0 Å². The highest BCUT2D eigenvalue weighted by Crippen LogP contribution is 2.30. The predicted molar refractivity (Wildman–Crippen MR) is 59.2 cm³/mol. The fraction of sp³-hybridized carbons (Fsp3) is 1.00. The first-order valence-corrected chi connectivity index (χ1v) is 5.39. The largest absolute Gasteiger partial charge is 0.392 e. The molecule has 0 aromatic heterocycles. The van der Waals surface area contributed by atoms with E-state index in [-0.39, 0.29) is 11.8 Å². The average molecular weight is 203 g/mol. The quantitative estimate of drug-likeness (QED) is 0.603. The number of aliphatic hydroxyl groups excluding tert-OH is 1. The Balaban J connectivity index is 4.37. The van der Waals surface area contributed by atoms with E-state index in [1.165, 1.54) is 0 Å². The molecule has 3 nitrogen and oxygen atoms in total. The van der Waals surface area contributed by atoms with Crippen molar-refractivity contribution >= 4 is 0 Å². The summed E-state index contributed by atoms with van der Waals surface area (Å²) in [6.45, 7) is 8.50. The summed E-state index contributed by atoms with van der Waals surface area (Å²) in [4.78, 5) is 0. The second kappa shape index (κ2) is 5.69. The molecule has 0 saturated heterocycles. The van der Waals surface area contributed by atoms with E-state index in [9.17, 15) is 10.2 Å². The molecule has 3 N–H and O–H groups in total. The molecule has 0 heterocycles. The van der Waals surface area contributed by atoms with Crippen molar-refractivity contribution in [1.82, 2.24) is 5.32 Å². The lowest BCUT2D eigenvalue weighted by atomic mass is 9.76. The van der Waals surface area contributed by atoms with E-state index in [1.807, 2.05) is 27.7 Å². The Kier molecular flexibility index (Phi) is 5.64. The normalized spacial score (nSPS) is 15.2. The van der Waals surface area contributed by atoms with Crippen LogP contribution >= 0.6 is 0 Å². The molecule has 0 saturated carbocycles.